The smallest absolute Gasteiger partial charge is 0.262 e. The summed E-state index contributed by atoms with van der Waals surface area (Å²) >= 11 is 7.22. The summed E-state index contributed by atoms with van der Waals surface area (Å²) in [7, 11) is -4.40. The van der Waals surface area contributed by atoms with Crippen LogP contribution in [0, 0.1) is 17.5 Å². The SMILES string of the molecule is CC(C)c1nc(-c2cc(F)c(F)c(NS(=O)(=O)c3cccc(F)c3)c2)c(-c2ccnc(Cl)n2)s1. The molecule has 0 aliphatic carbocycles. The van der Waals surface area contributed by atoms with Gasteiger partial charge in [0.2, 0.25) is 5.28 Å². The standard InChI is InChI=1S/C22H16ClF3N4O2S2/c1-11(2)21-29-19(20(33-21)16-6-7-27-22(23)28-16)12-8-15(25)18(26)17(9-12)30-34(31,32)14-5-3-4-13(24)10-14/h3-11,30H,1-2H3. The monoisotopic (exact) mass is 524 g/mol. The molecule has 0 amide bonds. The quantitative estimate of drug-likeness (QED) is 0.301. The Bertz CT molecular complexity index is 1490. The maximum atomic E-state index is 14.6. The van der Waals surface area contributed by atoms with Gasteiger partial charge in [0, 0.05) is 17.7 Å². The number of anilines is 1. The molecule has 1 N–H and O–H groups in total. The molecule has 2 heterocycles. The van der Waals surface area contributed by atoms with E-state index in [-0.39, 0.29) is 22.5 Å². The Kier molecular flexibility index (Phi) is 6.61. The van der Waals surface area contributed by atoms with Crippen molar-refractivity contribution in [3.05, 3.63) is 76.4 Å². The Balaban J connectivity index is 1.84. The Morgan fingerprint density at radius 3 is 2.50 bits per heavy atom. The summed E-state index contributed by atoms with van der Waals surface area (Å²) < 4.78 is 70.0. The first kappa shape index (κ1) is 24.1. The molecular weight excluding hydrogens is 509 g/mol. The van der Waals surface area contributed by atoms with Crippen molar-refractivity contribution in [1.29, 1.82) is 0 Å². The van der Waals surface area contributed by atoms with Crippen LogP contribution >= 0.6 is 22.9 Å². The second kappa shape index (κ2) is 9.32. The molecule has 12 heteroatoms. The van der Waals surface area contributed by atoms with Crippen molar-refractivity contribution in [3.63, 3.8) is 0 Å². The highest BCUT2D eigenvalue weighted by atomic mass is 35.5. The van der Waals surface area contributed by atoms with E-state index in [2.05, 4.69) is 15.0 Å². The Morgan fingerprint density at radius 2 is 1.82 bits per heavy atom. The van der Waals surface area contributed by atoms with E-state index < -0.39 is 38.1 Å². The first-order valence-electron chi connectivity index (χ1n) is 9.82. The second-order valence-corrected chi connectivity index (χ2v) is 10.5. The van der Waals surface area contributed by atoms with Gasteiger partial charge in [-0.05, 0) is 48.0 Å². The third-order valence-corrected chi connectivity index (χ3v) is 7.57. The third kappa shape index (κ3) is 4.91. The van der Waals surface area contributed by atoms with Crippen molar-refractivity contribution in [2.24, 2.45) is 0 Å². The van der Waals surface area contributed by atoms with Gasteiger partial charge in [0.15, 0.2) is 11.6 Å². The molecule has 0 spiro atoms. The molecule has 6 nitrogen and oxygen atoms in total. The van der Waals surface area contributed by atoms with Gasteiger partial charge in [0.25, 0.3) is 10.0 Å². The average molecular weight is 525 g/mol. The number of thiazole rings is 1. The fourth-order valence-corrected chi connectivity index (χ4v) is 5.34. The van der Waals surface area contributed by atoms with Crippen molar-refractivity contribution in [3.8, 4) is 21.8 Å². The molecule has 0 aliphatic heterocycles. The lowest BCUT2D eigenvalue weighted by Crippen LogP contribution is -2.15. The molecule has 0 saturated carbocycles. The predicted octanol–water partition coefficient (Wildman–Crippen LogP) is 6.26. The zero-order valence-electron chi connectivity index (χ0n) is 17.7. The first-order valence-corrected chi connectivity index (χ1v) is 12.5. The van der Waals surface area contributed by atoms with Crippen LogP contribution in [0.5, 0.6) is 0 Å². The largest absolute Gasteiger partial charge is 0.277 e. The van der Waals surface area contributed by atoms with Gasteiger partial charge < -0.3 is 0 Å². The molecule has 0 radical (unpaired) electrons. The highest BCUT2D eigenvalue weighted by Crippen LogP contribution is 2.40. The molecule has 4 aromatic rings. The van der Waals surface area contributed by atoms with Crippen LogP contribution < -0.4 is 4.72 Å². The second-order valence-electron chi connectivity index (χ2n) is 7.48. The van der Waals surface area contributed by atoms with Gasteiger partial charge in [-0.3, -0.25) is 4.72 Å². The average Bonchev–Trinajstić information content (AvgIpc) is 3.23. The van der Waals surface area contributed by atoms with Crippen LogP contribution in [0.2, 0.25) is 5.28 Å². The van der Waals surface area contributed by atoms with E-state index in [1.54, 1.807) is 6.07 Å². The summed E-state index contributed by atoms with van der Waals surface area (Å²) in [5.41, 5.74) is 0.161. The van der Waals surface area contributed by atoms with E-state index in [1.807, 2.05) is 18.6 Å². The normalized spacial score (nSPS) is 11.7. The van der Waals surface area contributed by atoms with E-state index in [4.69, 9.17) is 11.6 Å². The zero-order valence-corrected chi connectivity index (χ0v) is 20.1. The van der Waals surface area contributed by atoms with Crippen LogP contribution in [0.1, 0.15) is 24.8 Å². The van der Waals surface area contributed by atoms with Gasteiger partial charge >= 0.3 is 0 Å². The molecule has 0 atom stereocenters. The predicted molar refractivity (Wildman–Crippen MR) is 125 cm³/mol. The van der Waals surface area contributed by atoms with Crippen LogP contribution in [0.3, 0.4) is 0 Å². The maximum absolute atomic E-state index is 14.6. The molecule has 2 aromatic heterocycles. The third-order valence-electron chi connectivity index (χ3n) is 4.65. The van der Waals surface area contributed by atoms with E-state index >= 15 is 0 Å². The van der Waals surface area contributed by atoms with Gasteiger partial charge in [0.05, 0.1) is 31.9 Å². The van der Waals surface area contributed by atoms with Gasteiger partial charge in [-0.1, -0.05) is 19.9 Å². The number of nitrogens with one attached hydrogen (secondary N) is 1. The van der Waals surface area contributed by atoms with E-state index in [0.29, 0.717) is 15.6 Å². The number of sulfonamides is 1. The maximum Gasteiger partial charge on any atom is 0.262 e. The van der Waals surface area contributed by atoms with E-state index in [9.17, 15) is 21.6 Å². The molecule has 0 aliphatic rings. The summed E-state index contributed by atoms with van der Waals surface area (Å²) in [4.78, 5) is 12.7. The van der Waals surface area contributed by atoms with Crippen molar-refractivity contribution in [1.82, 2.24) is 15.0 Å². The molecule has 0 unspecified atom stereocenters. The molecule has 0 fully saturated rings. The van der Waals surface area contributed by atoms with E-state index in [0.717, 1.165) is 30.3 Å². The van der Waals surface area contributed by atoms with Gasteiger partial charge in [0.1, 0.15) is 5.82 Å². The molecule has 4 rings (SSSR count). The molecule has 0 bridgehead atoms. The fraction of sp³-hybridized carbons (Fsp3) is 0.136. The summed E-state index contributed by atoms with van der Waals surface area (Å²) in [5.74, 6) is -3.47. The van der Waals surface area contributed by atoms with E-state index in [1.165, 1.54) is 23.6 Å². The number of nitrogens with zero attached hydrogens (tertiary/aromatic N) is 3. The summed E-state index contributed by atoms with van der Waals surface area (Å²) in [6, 6.07) is 7.80. The van der Waals surface area contributed by atoms with Crippen molar-refractivity contribution >= 4 is 38.6 Å². The first-order chi connectivity index (χ1) is 16.0. The van der Waals surface area contributed by atoms with Gasteiger partial charge in [-0.25, -0.2) is 36.5 Å². The minimum atomic E-state index is -4.40. The number of hydrogen-bond donors (Lipinski definition) is 1. The van der Waals surface area contributed by atoms with Crippen molar-refractivity contribution in [2.45, 2.75) is 24.7 Å². The van der Waals surface area contributed by atoms with Crippen molar-refractivity contribution < 1.29 is 21.6 Å². The number of halogens is 4. The van der Waals surface area contributed by atoms with Crippen LogP contribution in [-0.4, -0.2) is 23.4 Å². The molecule has 0 saturated heterocycles. The minimum absolute atomic E-state index is 0.00299. The highest BCUT2D eigenvalue weighted by molar-refractivity contribution is 7.92. The Hall–Kier alpha value is -3.02. The van der Waals surface area contributed by atoms with Crippen LogP contribution in [0.15, 0.2) is 53.6 Å². The molecular formula is C22H16ClF3N4O2S2. The van der Waals surface area contributed by atoms with Gasteiger partial charge in [-0.2, -0.15) is 0 Å². The van der Waals surface area contributed by atoms with Crippen molar-refractivity contribution in [2.75, 3.05) is 4.72 Å². The lowest BCUT2D eigenvalue weighted by Gasteiger charge is -2.12. The topological polar surface area (TPSA) is 84.8 Å². The number of hydrogen-bond acceptors (Lipinski definition) is 6. The highest BCUT2D eigenvalue weighted by Gasteiger charge is 2.23. The summed E-state index contributed by atoms with van der Waals surface area (Å²) in [6.07, 6.45) is 1.45. The molecule has 176 valence electrons. The Labute approximate surface area is 202 Å². The number of aromatic nitrogens is 3. The lowest BCUT2D eigenvalue weighted by molar-refractivity contribution is 0.512. The van der Waals surface area contributed by atoms with Crippen LogP contribution in [0.4, 0.5) is 18.9 Å². The van der Waals surface area contributed by atoms with Crippen LogP contribution in [0.25, 0.3) is 21.8 Å². The van der Waals surface area contributed by atoms with Crippen LogP contribution in [-0.2, 0) is 10.0 Å². The lowest BCUT2D eigenvalue weighted by atomic mass is 10.1. The van der Waals surface area contributed by atoms with Gasteiger partial charge in [-0.15, -0.1) is 11.3 Å². The summed E-state index contributed by atoms with van der Waals surface area (Å²) in [6.45, 7) is 3.84. The molecule has 34 heavy (non-hydrogen) atoms. The Morgan fingerprint density at radius 1 is 1.06 bits per heavy atom. The minimum Gasteiger partial charge on any atom is -0.277 e. The number of benzene rings is 2. The molecule has 2 aromatic carbocycles. The number of rotatable bonds is 6. The fourth-order valence-electron chi connectivity index (χ4n) is 3.05. The summed E-state index contributed by atoms with van der Waals surface area (Å²) in [5, 5.41) is 0.697. The zero-order chi connectivity index (χ0) is 24.6.